The molecule has 1 amide bonds. The van der Waals surface area contributed by atoms with Gasteiger partial charge in [-0.25, -0.2) is 0 Å². The molecule has 0 aromatic heterocycles. The molecule has 0 fully saturated rings. The molecular formula is C13H20N2O3. The molecule has 1 rings (SSSR count). The lowest BCUT2D eigenvalue weighted by Gasteiger charge is -2.21. The Morgan fingerprint density at radius 3 is 2.67 bits per heavy atom. The Bertz CT molecular complexity index is 405. The van der Waals surface area contributed by atoms with Crippen molar-refractivity contribution in [2.75, 3.05) is 26.0 Å². The number of rotatable bonds is 6. The molecule has 0 aliphatic rings. The zero-order valence-electron chi connectivity index (χ0n) is 11.0. The molecule has 0 radical (unpaired) electrons. The van der Waals surface area contributed by atoms with Crippen molar-refractivity contribution < 1.29 is 14.3 Å². The van der Waals surface area contributed by atoms with Gasteiger partial charge in [0.25, 0.3) is 5.91 Å². The minimum absolute atomic E-state index is 0.172. The predicted molar refractivity (Wildman–Crippen MR) is 70.4 cm³/mol. The number of nitrogens with two attached hydrogens (primary N) is 1. The highest BCUT2D eigenvalue weighted by Gasteiger charge is 2.26. The summed E-state index contributed by atoms with van der Waals surface area (Å²) in [5.74, 6) is 0.451. The molecule has 5 nitrogen and oxygen atoms in total. The number of carbonyl (C=O) groups excluding carboxylic acids is 1. The molecule has 1 aromatic rings. The molecule has 0 saturated heterocycles. The number of hydrogen-bond donors (Lipinski definition) is 2. The van der Waals surface area contributed by atoms with Crippen LogP contribution in [0.25, 0.3) is 0 Å². The number of methoxy groups -OCH3 is 1. The van der Waals surface area contributed by atoms with Crippen molar-refractivity contribution in [2.45, 2.75) is 19.4 Å². The summed E-state index contributed by atoms with van der Waals surface area (Å²) in [6.07, 6.45) is 0. The molecule has 100 valence electrons. The summed E-state index contributed by atoms with van der Waals surface area (Å²) in [5.41, 5.74) is 5.48. The Hall–Kier alpha value is -1.75. The SMILES string of the molecule is COC(C)(C)C(=O)NCCOc1ccccc1N. The minimum atomic E-state index is -0.828. The van der Waals surface area contributed by atoms with Crippen LogP contribution in [0, 0.1) is 0 Å². The average Bonchev–Trinajstić information content (AvgIpc) is 2.36. The third-order valence-electron chi connectivity index (χ3n) is 2.62. The van der Waals surface area contributed by atoms with E-state index in [9.17, 15) is 4.79 Å². The monoisotopic (exact) mass is 252 g/mol. The molecule has 0 aliphatic heterocycles. The molecule has 0 aliphatic carbocycles. The fourth-order valence-electron chi connectivity index (χ4n) is 1.24. The summed E-state index contributed by atoms with van der Waals surface area (Å²) in [7, 11) is 1.50. The number of ether oxygens (including phenoxy) is 2. The van der Waals surface area contributed by atoms with Gasteiger partial charge in [0.15, 0.2) is 0 Å². The summed E-state index contributed by atoms with van der Waals surface area (Å²) >= 11 is 0. The second kappa shape index (κ2) is 6.26. The van der Waals surface area contributed by atoms with Crippen molar-refractivity contribution in [2.24, 2.45) is 0 Å². The Morgan fingerprint density at radius 1 is 1.39 bits per heavy atom. The highest BCUT2D eigenvalue weighted by Crippen LogP contribution is 2.19. The largest absolute Gasteiger partial charge is 0.490 e. The molecule has 0 heterocycles. The first kappa shape index (κ1) is 14.3. The molecule has 5 heteroatoms. The van der Waals surface area contributed by atoms with Gasteiger partial charge in [0.1, 0.15) is 18.0 Å². The number of carbonyl (C=O) groups is 1. The average molecular weight is 252 g/mol. The maximum absolute atomic E-state index is 11.7. The highest BCUT2D eigenvalue weighted by molar-refractivity contribution is 5.84. The first-order valence-electron chi connectivity index (χ1n) is 5.78. The summed E-state index contributed by atoms with van der Waals surface area (Å²) in [6.45, 7) is 4.18. The lowest BCUT2D eigenvalue weighted by Crippen LogP contribution is -2.44. The lowest BCUT2D eigenvalue weighted by molar-refractivity contribution is -0.139. The van der Waals surface area contributed by atoms with Crippen molar-refractivity contribution >= 4 is 11.6 Å². The molecule has 1 aromatic carbocycles. The summed E-state index contributed by atoms with van der Waals surface area (Å²) in [5, 5.41) is 2.73. The van der Waals surface area contributed by atoms with E-state index in [4.69, 9.17) is 15.2 Å². The second-order valence-corrected chi connectivity index (χ2v) is 4.36. The van der Waals surface area contributed by atoms with Crippen LogP contribution in [-0.4, -0.2) is 31.8 Å². The number of nitrogen functional groups attached to an aromatic ring is 1. The van der Waals surface area contributed by atoms with Crippen LogP contribution in [0.3, 0.4) is 0 Å². The molecular weight excluding hydrogens is 232 g/mol. The van der Waals surface area contributed by atoms with Crippen LogP contribution in [0.5, 0.6) is 5.75 Å². The van der Waals surface area contributed by atoms with Gasteiger partial charge in [0.05, 0.1) is 12.2 Å². The molecule has 3 N–H and O–H groups in total. The van der Waals surface area contributed by atoms with Gasteiger partial charge >= 0.3 is 0 Å². The van der Waals surface area contributed by atoms with Gasteiger partial charge in [-0.1, -0.05) is 12.1 Å². The minimum Gasteiger partial charge on any atom is -0.490 e. The van der Waals surface area contributed by atoms with Crippen molar-refractivity contribution in [3.8, 4) is 5.75 Å². The van der Waals surface area contributed by atoms with Crippen molar-refractivity contribution in [3.63, 3.8) is 0 Å². The van der Waals surface area contributed by atoms with E-state index in [1.807, 2.05) is 12.1 Å². The van der Waals surface area contributed by atoms with Crippen LogP contribution in [0.4, 0.5) is 5.69 Å². The Kier molecular flexibility index (Phi) is 4.97. The van der Waals surface area contributed by atoms with Crippen LogP contribution < -0.4 is 15.8 Å². The zero-order valence-corrected chi connectivity index (χ0v) is 11.0. The third kappa shape index (κ3) is 3.92. The summed E-state index contributed by atoms with van der Waals surface area (Å²) in [6, 6.07) is 7.24. The fraction of sp³-hybridized carbons (Fsp3) is 0.462. The number of hydrogen-bond acceptors (Lipinski definition) is 4. The van der Waals surface area contributed by atoms with Gasteiger partial charge in [-0.15, -0.1) is 0 Å². The zero-order chi connectivity index (χ0) is 13.6. The quantitative estimate of drug-likeness (QED) is 0.589. The first-order valence-corrected chi connectivity index (χ1v) is 5.78. The van der Waals surface area contributed by atoms with Gasteiger partial charge in [0.2, 0.25) is 0 Å². The Labute approximate surface area is 107 Å². The fourth-order valence-corrected chi connectivity index (χ4v) is 1.24. The Balaban J connectivity index is 2.32. The Morgan fingerprint density at radius 2 is 2.06 bits per heavy atom. The van der Waals surface area contributed by atoms with E-state index in [0.29, 0.717) is 24.6 Å². The normalized spacial score (nSPS) is 11.1. The topological polar surface area (TPSA) is 73.6 Å². The maximum atomic E-state index is 11.7. The molecule has 0 saturated carbocycles. The van der Waals surface area contributed by atoms with Crippen LogP contribution in [0.1, 0.15) is 13.8 Å². The summed E-state index contributed by atoms with van der Waals surface area (Å²) < 4.78 is 10.5. The highest BCUT2D eigenvalue weighted by atomic mass is 16.5. The maximum Gasteiger partial charge on any atom is 0.251 e. The van der Waals surface area contributed by atoms with E-state index in [1.165, 1.54) is 7.11 Å². The van der Waals surface area contributed by atoms with Crippen LogP contribution in [-0.2, 0) is 9.53 Å². The van der Waals surface area contributed by atoms with E-state index in [-0.39, 0.29) is 5.91 Å². The van der Waals surface area contributed by atoms with Crippen LogP contribution >= 0.6 is 0 Å². The van der Waals surface area contributed by atoms with Gasteiger partial charge in [-0.05, 0) is 26.0 Å². The van der Waals surface area contributed by atoms with E-state index < -0.39 is 5.60 Å². The van der Waals surface area contributed by atoms with E-state index in [0.717, 1.165) is 0 Å². The number of anilines is 1. The molecule has 18 heavy (non-hydrogen) atoms. The van der Waals surface area contributed by atoms with E-state index in [1.54, 1.807) is 26.0 Å². The van der Waals surface area contributed by atoms with Crippen molar-refractivity contribution in [1.82, 2.24) is 5.32 Å². The predicted octanol–water partition coefficient (Wildman–Crippen LogP) is 1.19. The number of amides is 1. The second-order valence-electron chi connectivity index (χ2n) is 4.36. The lowest BCUT2D eigenvalue weighted by atomic mass is 10.1. The van der Waals surface area contributed by atoms with Crippen molar-refractivity contribution in [1.29, 1.82) is 0 Å². The van der Waals surface area contributed by atoms with Gasteiger partial charge in [0, 0.05) is 7.11 Å². The molecule has 0 spiro atoms. The third-order valence-corrected chi connectivity index (χ3v) is 2.62. The summed E-state index contributed by atoms with van der Waals surface area (Å²) in [4.78, 5) is 11.7. The van der Waals surface area contributed by atoms with Gasteiger partial charge < -0.3 is 20.5 Å². The van der Waals surface area contributed by atoms with E-state index >= 15 is 0 Å². The molecule has 0 bridgehead atoms. The standard InChI is InChI=1S/C13H20N2O3/c1-13(2,17-3)12(16)15-8-9-18-11-7-5-4-6-10(11)14/h4-7H,8-9,14H2,1-3H3,(H,15,16). The van der Waals surface area contributed by atoms with Crippen LogP contribution in [0.15, 0.2) is 24.3 Å². The number of para-hydroxylation sites is 2. The van der Waals surface area contributed by atoms with Gasteiger partial charge in [-0.2, -0.15) is 0 Å². The van der Waals surface area contributed by atoms with Crippen molar-refractivity contribution in [3.05, 3.63) is 24.3 Å². The van der Waals surface area contributed by atoms with E-state index in [2.05, 4.69) is 5.32 Å². The number of benzene rings is 1. The number of nitrogens with one attached hydrogen (secondary N) is 1. The molecule has 0 unspecified atom stereocenters. The van der Waals surface area contributed by atoms with Crippen LogP contribution in [0.2, 0.25) is 0 Å². The van der Waals surface area contributed by atoms with Gasteiger partial charge in [-0.3, -0.25) is 4.79 Å². The smallest absolute Gasteiger partial charge is 0.251 e. The first-order chi connectivity index (χ1) is 8.47. The molecule has 0 atom stereocenters.